The standard InChI is InChI=1S/C10H13.C2H7Si.2ClH.Zr/c1-8-6-9-4-2-3-5-10(9)7-8;1-3-2;;;/h6-7H,2-5H2,1H3;3H,1-2H3;2*1H;/q-1;;;;+2/p-2. The third-order valence-electron chi connectivity index (χ3n) is 2.36. The van der Waals surface area contributed by atoms with Crippen molar-refractivity contribution in [3.05, 3.63) is 28.8 Å². The second kappa shape index (κ2) is 11.1. The molecule has 1 aromatic carbocycles. The Hall–Kier alpha value is 1.03. The molecule has 16 heavy (non-hydrogen) atoms. The van der Waals surface area contributed by atoms with Crippen LogP contribution in [0.4, 0.5) is 0 Å². The van der Waals surface area contributed by atoms with E-state index in [1.807, 2.05) is 0 Å². The van der Waals surface area contributed by atoms with Crippen LogP contribution in [0.2, 0.25) is 13.1 Å². The fourth-order valence-electron chi connectivity index (χ4n) is 1.87. The van der Waals surface area contributed by atoms with Crippen LogP contribution in [0.5, 0.6) is 0 Å². The minimum atomic E-state index is -0.826. The molecule has 0 saturated heterocycles. The number of fused-ring (bicyclic) bond motifs is 1. The second-order valence-corrected chi connectivity index (χ2v) is 8.83. The Bertz CT molecular complexity index is 248. The van der Waals surface area contributed by atoms with Crippen LogP contribution in [0.3, 0.4) is 0 Å². The van der Waals surface area contributed by atoms with Gasteiger partial charge < -0.3 is 0 Å². The van der Waals surface area contributed by atoms with Crippen molar-refractivity contribution >= 4 is 26.5 Å². The molecule has 1 aromatic rings. The van der Waals surface area contributed by atoms with Gasteiger partial charge in [-0.15, -0.1) is 0 Å². The molecule has 0 unspecified atom stereocenters. The molecule has 0 aliphatic heterocycles. The first-order valence-electron chi connectivity index (χ1n) is 5.64. The minimum absolute atomic E-state index is 0.750. The molecule has 2 rings (SSSR count). The van der Waals surface area contributed by atoms with Crippen molar-refractivity contribution in [1.29, 1.82) is 0 Å². The molecule has 1 radical (unpaired) electrons. The van der Waals surface area contributed by atoms with Gasteiger partial charge >= 0.3 is 37.9 Å². The molecule has 0 spiro atoms. The summed E-state index contributed by atoms with van der Waals surface area (Å²) in [5.74, 6) is 0. The van der Waals surface area contributed by atoms with Crippen molar-refractivity contribution < 1.29 is 20.8 Å². The first-order chi connectivity index (χ1) is 7.69. The number of hydrogen-bond acceptors (Lipinski definition) is 0. The summed E-state index contributed by atoms with van der Waals surface area (Å²) >= 11 is -0.826. The zero-order valence-electron chi connectivity index (χ0n) is 10.3. The molecule has 1 aliphatic rings. The molecule has 0 saturated carbocycles. The van der Waals surface area contributed by atoms with Crippen LogP contribution in [0.15, 0.2) is 12.1 Å². The summed E-state index contributed by atoms with van der Waals surface area (Å²) in [6.07, 6.45) is 5.44. The Morgan fingerprint density at radius 1 is 1.25 bits per heavy atom. The number of rotatable bonds is 0. The fourth-order valence-corrected chi connectivity index (χ4v) is 1.87. The van der Waals surface area contributed by atoms with E-state index in [0.29, 0.717) is 0 Å². The summed E-state index contributed by atoms with van der Waals surface area (Å²) in [5.41, 5.74) is 4.68. The van der Waals surface area contributed by atoms with Crippen LogP contribution in [0.25, 0.3) is 0 Å². The first-order valence-corrected chi connectivity index (χ1v) is 14.3. The summed E-state index contributed by atoms with van der Waals surface area (Å²) in [5, 5.41) is 0. The summed E-state index contributed by atoms with van der Waals surface area (Å²) < 4.78 is 0. The van der Waals surface area contributed by atoms with Crippen molar-refractivity contribution in [2.45, 2.75) is 45.7 Å². The van der Waals surface area contributed by atoms with Gasteiger partial charge in [0, 0.05) is 9.52 Å². The molecule has 91 valence electrons. The molecule has 0 bridgehead atoms. The SMILES string of the molecule is C[SiH]C.Cc1cc2c([cH-]1)CCCC2.[Cl][Zr][Cl]. The third kappa shape index (κ3) is 7.37. The molecule has 0 amide bonds. The molecule has 1 aliphatic carbocycles. The zero-order chi connectivity index (χ0) is 12.4. The van der Waals surface area contributed by atoms with E-state index in [9.17, 15) is 0 Å². The van der Waals surface area contributed by atoms with Crippen LogP contribution in [-0.4, -0.2) is 9.52 Å². The quantitative estimate of drug-likeness (QED) is 0.476. The second-order valence-electron chi connectivity index (χ2n) is 3.94. The summed E-state index contributed by atoms with van der Waals surface area (Å²) in [4.78, 5) is 0. The van der Waals surface area contributed by atoms with Crippen LogP contribution >= 0.6 is 17.0 Å². The zero-order valence-corrected chi connectivity index (χ0v) is 15.4. The van der Waals surface area contributed by atoms with Gasteiger partial charge in [0.05, 0.1) is 0 Å². The normalized spacial score (nSPS) is 12.6. The van der Waals surface area contributed by atoms with Gasteiger partial charge in [-0.1, -0.05) is 45.7 Å². The van der Waals surface area contributed by atoms with Crippen molar-refractivity contribution in [3.8, 4) is 0 Å². The van der Waals surface area contributed by atoms with Gasteiger partial charge in [-0.25, -0.2) is 6.07 Å². The maximum absolute atomic E-state index is 4.93. The van der Waals surface area contributed by atoms with Crippen molar-refractivity contribution in [1.82, 2.24) is 0 Å². The van der Waals surface area contributed by atoms with E-state index in [0.717, 1.165) is 9.52 Å². The van der Waals surface area contributed by atoms with E-state index in [-0.39, 0.29) is 0 Å². The van der Waals surface area contributed by atoms with E-state index in [2.05, 4.69) is 32.2 Å². The van der Waals surface area contributed by atoms with E-state index in [1.54, 1.807) is 11.1 Å². The van der Waals surface area contributed by atoms with Crippen LogP contribution in [-0.2, 0) is 33.7 Å². The van der Waals surface area contributed by atoms with E-state index < -0.39 is 20.8 Å². The Labute approximate surface area is 121 Å². The van der Waals surface area contributed by atoms with Gasteiger partial charge in [-0.3, -0.25) is 0 Å². The maximum atomic E-state index is 4.93. The number of hydrogen-bond donors (Lipinski definition) is 0. The third-order valence-corrected chi connectivity index (χ3v) is 2.36. The van der Waals surface area contributed by atoms with Crippen LogP contribution in [0.1, 0.15) is 29.5 Å². The predicted octanol–water partition coefficient (Wildman–Crippen LogP) is 4.49. The van der Waals surface area contributed by atoms with Gasteiger partial charge in [0.15, 0.2) is 0 Å². The number of aryl methyl sites for hydroxylation is 3. The average Bonchev–Trinajstić information content (AvgIpc) is 2.60. The summed E-state index contributed by atoms with van der Waals surface area (Å²) in [6.45, 7) is 6.61. The summed E-state index contributed by atoms with van der Waals surface area (Å²) in [7, 11) is 10.6. The predicted molar refractivity (Wildman–Crippen MR) is 74.0 cm³/mol. The number of halogens is 2. The van der Waals surface area contributed by atoms with E-state index in [1.165, 1.54) is 31.2 Å². The molecular weight excluding hydrogens is 334 g/mol. The topological polar surface area (TPSA) is 0 Å². The molecule has 0 nitrogen and oxygen atoms in total. The molecule has 0 heterocycles. The summed E-state index contributed by atoms with van der Waals surface area (Å²) in [6, 6.07) is 4.68. The van der Waals surface area contributed by atoms with Crippen molar-refractivity contribution in [3.63, 3.8) is 0 Å². The van der Waals surface area contributed by atoms with Crippen molar-refractivity contribution in [2.75, 3.05) is 0 Å². The Balaban J connectivity index is 0.000000321. The Morgan fingerprint density at radius 2 is 1.75 bits per heavy atom. The first kappa shape index (κ1) is 17.0. The molecule has 0 atom stereocenters. The van der Waals surface area contributed by atoms with Gasteiger partial charge in [-0.2, -0.15) is 22.8 Å². The molecule has 0 N–H and O–H groups in total. The fraction of sp³-hybridized carbons (Fsp3) is 0.583. The Morgan fingerprint density at radius 3 is 2.25 bits per heavy atom. The van der Waals surface area contributed by atoms with Crippen LogP contribution < -0.4 is 0 Å². The average molecular weight is 355 g/mol. The van der Waals surface area contributed by atoms with Crippen molar-refractivity contribution in [2.24, 2.45) is 0 Å². The van der Waals surface area contributed by atoms with Gasteiger partial charge in [0.1, 0.15) is 0 Å². The molecule has 0 fully saturated rings. The van der Waals surface area contributed by atoms with E-state index in [4.69, 9.17) is 17.0 Å². The monoisotopic (exact) mass is 352 g/mol. The molecular formula is C12H20Cl2SiZr-. The Kier molecular flexibility index (Phi) is 11.9. The molecule has 4 heteroatoms. The van der Waals surface area contributed by atoms with Gasteiger partial charge in [0.2, 0.25) is 0 Å². The van der Waals surface area contributed by atoms with Gasteiger partial charge in [-0.05, 0) is 0 Å². The molecule has 0 aromatic heterocycles. The van der Waals surface area contributed by atoms with E-state index >= 15 is 0 Å². The van der Waals surface area contributed by atoms with Crippen LogP contribution in [0, 0.1) is 6.92 Å². The van der Waals surface area contributed by atoms with Gasteiger partial charge in [0.25, 0.3) is 0 Å².